The number of carboxylic acids is 2. The summed E-state index contributed by atoms with van der Waals surface area (Å²) in [4.78, 5) is 47.3. The van der Waals surface area contributed by atoms with E-state index in [9.17, 15) is 55.2 Å². The van der Waals surface area contributed by atoms with Gasteiger partial charge >= 0.3 is 0 Å². The molecule has 25 N–H and O–H groups in total. The molecule has 0 spiro atoms. The van der Waals surface area contributed by atoms with Crippen LogP contribution in [-0.2, 0) is 38.1 Å². The Balaban J connectivity index is 0. The monoisotopic (exact) mass is 962 g/mol. The van der Waals surface area contributed by atoms with Crippen molar-refractivity contribution in [2.75, 3.05) is 6.61 Å². The molecule has 4 saturated carbocycles. The second-order valence-corrected chi connectivity index (χ2v) is 20.5. The van der Waals surface area contributed by atoms with E-state index in [0.717, 1.165) is 37.7 Å². The van der Waals surface area contributed by atoms with Gasteiger partial charge in [0, 0.05) is 17.3 Å². The summed E-state index contributed by atoms with van der Waals surface area (Å²) < 4.78 is 23.6. The Hall–Kier alpha value is -2.66. The van der Waals surface area contributed by atoms with Crippen molar-refractivity contribution in [1.29, 1.82) is 0 Å². The first-order valence-corrected chi connectivity index (χ1v) is 21.0. The Morgan fingerprint density at radius 1 is 0.742 bits per heavy atom. The topological polar surface area (TPSA) is 511 Å². The quantitative estimate of drug-likeness (QED) is 0.115. The van der Waals surface area contributed by atoms with Crippen molar-refractivity contribution >= 4 is 24.5 Å². The smallest absolute Gasteiger partial charge is 0.187 e. The van der Waals surface area contributed by atoms with E-state index < -0.39 is 108 Å². The van der Waals surface area contributed by atoms with Gasteiger partial charge in [0.05, 0.1) is 18.2 Å². The zero-order valence-corrected chi connectivity index (χ0v) is 40.2. The third kappa shape index (κ3) is 9.75. The summed E-state index contributed by atoms with van der Waals surface area (Å²) in [6, 6.07) is 0. The van der Waals surface area contributed by atoms with Crippen LogP contribution in [0.3, 0.4) is 0 Å². The van der Waals surface area contributed by atoms with E-state index in [0.29, 0.717) is 25.7 Å². The summed E-state index contributed by atoms with van der Waals surface area (Å²) in [7, 11) is 0. The second-order valence-electron chi connectivity index (χ2n) is 20.5. The summed E-state index contributed by atoms with van der Waals surface area (Å²) in [5.74, 6) is -3.27. The average molecular weight is 962 g/mol. The SMILES string of the molecule is C=O.CC1(C)C(O[C@@H]2O[C@H](C(=O)[O-])[C@@H](O)[C@H](O)[C@H]2O[C@@H]2O[C@H](C[O-])[C@@H](O)[C@H](O)[C@H]2O)CC[C@@]2(C)C1CC[C@]1(C)C2C(=O)C=C2C3C[C@@](C)(C(=O)[O-])CC[C@]3(C)CC[C@]21C.O.O.O.O.[NH4+].[NH4+].[NH4+]. The average Bonchev–Trinajstić information content (AvgIpc) is 3.17. The van der Waals surface area contributed by atoms with Gasteiger partial charge in [0.1, 0.15) is 49.5 Å². The molecule has 2 saturated heterocycles. The highest BCUT2D eigenvalue weighted by molar-refractivity contribution is 5.95. The molecule has 0 amide bonds. The van der Waals surface area contributed by atoms with Crippen LogP contribution in [0.5, 0.6) is 0 Å². The molecular weight excluding hydrogens is 878 g/mol. The maximum absolute atomic E-state index is 14.8. The molecule has 2 aliphatic heterocycles. The number of ketones is 1. The molecule has 7 rings (SSSR count). The summed E-state index contributed by atoms with van der Waals surface area (Å²) >= 11 is 0. The fraction of sp³-hybridized carbons (Fsp3) is 0.860. The van der Waals surface area contributed by atoms with Gasteiger partial charge in [-0.1, -0.05) is 54.0 Å². The van der Waals surface area contributed by atoms with Crippen LogP contribution in [0.1, 0.15) is 106 Å². The van der Waals surface area contributed by atoms with E-state index in [1.807, 2.05) is 26.7 Å². The Kier molecular flexibility index (Phi) is 22.2. The van der Waals surface area contributed by atoms with Crippen molar-refractivity contribution in [3.8, 4) is 0 Å². The molecule has 0 radical (unpaired) electrons. The predicted octanol–water partition coefficient (Wildman–Crippen LogP) is -3.50. The van der Waals surface area contributed by atoms with E-state index in [2.05, 4.69) is 27.7 Å². The number of aliphatic hydroxyl groups excluding tert-OH is 5. The Labute approximate surface area is 385 Å². The zero-order chi connectivity index (χ0) is 44.0. The van der Waals surface area contributed by atoms with Crippen LogP contribution in [0.25, 0.3) is 0 Å². The number of aliphatic hydroxyl groups is 5. The molecule has 0 aromatic carbocycles. The zero-order valence-electron chi connectivity index (χ0n) is 40.2. The Morgan fingerprint density at radius 2 is 1.32 bits per heavy atom. The first kappa shape index (κ1) is 65.4. The number of hydrogen-bond donors (Lipinski definition) is 8. The number of ether oxygens (including phenoxy) is 4. The molecular formula is C43H83N3O20. The number of quaternary nitrogens is 3. The highest BCUT2D eigenvalue weighted by atomic mass is 16.8. The van der Waals surface area contributed by atoms with Gasteiger partial charge in [0.15, 0.2) is 18.4 Å². The minimum absolute atomic E-state index is 0. The van der Waals surface area contributed by atoms with Crippen LogP contribution < -0.4 is 33.8 Å². The first-order valence-electron chi connectivity index (χ1n) is 21.0. The molecule has 5 aliphatic carbocycles. The lowest BCUT2D eigenvalue weighted by molar-refractivity contribution is -0.425. The lowest BCUT2D eigenvalue weighted by Crippen LogP contribution is -2.68. The van der Waals surface area contributed by atoms with E-state index >= 15 is 0 Å². The van der Waals surface area contributed by atoms with E-state index in [1.165, 1.54) is 0 Å². The Bertz CT molecular complexity index is 1690. The lowest BCUT2D eigenvalue weighted by atomic mass is 9.33. The van der Waals surface area contributed by atoms with E-state index in [4.69, 9.17) is 23.7 Å². The third-order valence-corrected chi connectivity index (χ3v) is 17.2. The van der Waals surface area contributed by atoms with Crippen molar-refractivity contribution in [2.45, 2.75) is 174 Å². The molecule has 0 aromatic rings. The van der Waals surface area contributed by atoms with Gasteiger partial charge in [0.2, 0.25) is 0 Å². The maximum Gasteiger partial charge on any atom is 0.187 e. The number of carboxylic acid groups (broad SMARTS) is 2. The normalized spacial score (nSPS) is 46.1. The van der Waals surface area contributed by atoms with Crippen molar-refractivity contribution in [3.05, 3.63) is 11.6 Å². The van der Waals surface area contributed by atoms with Crippen LogP contribution in [0, 0.1) is 50.2 Å². The number of aliphatic carboxylic acids is 2. The molecule has 23 heteroatoms. The van der Waals surface area contributed by atoms with Crippen LogP contribution in [0.2, 0.25) is 0 Å². The third-order valence-electron chi connectivity index (χ3n) is 17.2. The van der Waals surface area contributed by atoms with E-state index in [1.54, 1.807) is 6.92 Å². The van der Waals surface area contributed by atoms with Crippen LogP contribution in [0.4, 0.5) is 0 Å². The highest BCUT2D eigenvalue weighted by Gasteiger charge is 2.70. The number of carbonyl (C=O) groups excluding carboxylic acids is 4. The standard InChI is InChI=1S/C42H63O15.CH2O.3H3N.4H2O/c1-37(2)23-8-11-42(7)32(21(44)16-19-20-17-39(4,36(52)53)13-12-38(20,3)14-15-41(19,42)6)40(23,5)10-9-24(37)55-35-31(28(48)27(47)30(56-35)33(50)51)57-34-29(49)26(46)25(45)22(18-43)54-34;1-2;;;;;;;/h16,20,22-32,34-35,45-49H,8-15,17-18H2,1-7H3,(H,50,51)(H,52,53);1H2;3*1H3;4*1H2/q-1;;;;;;;;/p+1/t20?,22-,23?,24?,25-,26+,27+,28+,29-,30+,31-,32?,34+,35-,38-,39+,40+,41-,42-;;;;;;;;/m1......../s1. The van der Waals surface area contributed by atoms with E-state index in [-0.39, 0.29) is 74.7 Å². The van der Waals surface area contributed by atoms with Gasteiger partial charge in [-0.3, -0.25) is 4.79 Å². The fourth-order valence-corrected chi connectivity index (χ4v) is 13.4. The maximum atomic E-state index is 14.8. The predicted molar refractivity (Wildman–Crippen MR) is 231 cm³/mol. The molecule has 6 fully saturated rings. The van der Waals surface area contributed by atoms with Gasteiger partial charge in [0.25, 0.3) is 0 Å². The van der Waals surface area contributed by atoms with Gasteiger partial charge < -0.3 is 115 Å². The molecule has 23 nitrogen and oxygen atoms in total. The largest absolute Gasteiger partial charge is 0.853 e. The molecule has 0 bridgehead atoms. The van der Waals surface area contributed by atoms with Crippen molar-refractivity contribution in [1.82, 2.24) is 18.5 Å². The fourth-order valence-electron chi connectivity index (χ4n) is 13.4. The number of hydrogen-bond acceptors (Lipinski definition) is 16. The number of allylic oxidation sites excluding steroid dienone is 2. The first-order chi connectivity index (χ1) is 27.4. The number of fused-ring (bicyclic) bond motifs is 7. The molecule has 0 aromatic heterocycles. The molecule has 390 valence electrons. The molecule has 2 heterocycles. The molecule has 19 atom stereocenters. The van der Waals surface area contributed by atoms with Crippen LogP contribution in [0.15, 0.2) is 11.6 Å². The van der Waals surface area contributed by atoms with Gasteiger partial charge in [-0.15, -0.1) is 6.61 Å². The minimum Gasteiger partial charge on any atom is -0.853 e. The number of carbonyl (C=O) groups is 4. The van der Waals surface area contributed by atoms with Crippen molar-refractivity contribution < 1.29 is 101 Å². The summed E-state index contributed by atoms with van der Waals surface area (Å²) in [6.07, 6.45) is -11.0. The van der Waals surface area contributed by atoms with Crippen LogP contribution in [-0.4, -0.2) is 146 Å². The summed E-state index contributed by atoms with van der Waals surface area (Å²) in [5.41, 5.74) is -1.93. The molecule has 7 aliphatic rings. The molecule has 66 heavy (non-hydrogen) atoms. The van der Waals surface area contributed by atoms with Crippen molar-refractivity contribution in [3.63, 3.8) is 0 Å². The number of rotatable bonds is 7. The van der Waals surface area contributed by atoms with Crippen LogP contribution >= 0.6 is 0 Å². The summed E-state index contributed by atoms with van der Waals surface area (Å²) in [6.45, 7) is 15.8. The minimum atomic E-state index is -2.05. The van der Waals surface area contributed by atoms with Crippen molar-refractivity contribution in [2.24, 2.45) is 50.2 Å². The highest BCUT2D eigenvalue weighted by Crippen LogP contribution is 2.75. The summed E-state index contributed by atoms with van der Waals surface area (Å²) in [5, 5.41) is 89.4. The lowest BCUT2D eigenvalue weighted by Gasteiger charge is -2.70. The second kappa shape index (κ2) is 22.4. The Morgan fingerprint density at radius 3 is 1.86 bits per heavy atom. The molecule has 4 unspecified atom stereocenters. The van der Waals surface area contributed by atoms with Gasteiger partial charge in [-0.05, 0) is 103 Å². The van der Waals surface area contributed by atoms with Gasteiger partial charge in [-0.2, -0.15) is 0 Å². The van der Waals surface area contributed by atoms with Gasteiger partial charge in [-0.25, -0.2) is 0 Å².